The molecule has 1 unspecified atom stereocenters. The van der Waals surface area contributed by atoms with E-state index in [9.17, 15) is 14.7 Å². The second-order valence-corrected chi connectivity index (χ2v) is 5.39. The van der Waals surface area contributed by atoms with Crippen molar-refractivity contribution in [2.45, 2.75) is 52.6 Å². The highest BCUT2D eigenvalue weighted by atomic mass is 16.4. The normalized spacial score (nSPS) is 15.1. The molecular weight excluding hydrogens is 222 g/mol. The number of aliphatic carboxylic acids is 1. The topological polar surface area (TPSA) is 86.6 Å². The second-order valence-electron chi connectivity index (χ2n) is 5.39. The number of hydrogen-bond donors (Lipinski definition) is 3. The zero-order valence-electron chi connectivity index (χ0n) is 11.0. The van der Waals surface area contributed by atoms with Crippen molar-refractivity contribution in [3.63, 3.8) is 0 Å². The van der Waals surface area contributed by atoms with Crippen LogP contribution in [-0.4, -0.2) is 34.2 Å². The van der Waals surface area contributed by atoms with E-state index in [1.54, 1.807) is 6.92 Å². The van der Waals surface area contributed by atoms with Crippen molar-refractivity contribution in [2.24, 2.45) is 5.41 Å². The van der Waals surface area contributed by atoms with Crippen molar-refractivity contribution in [3.8, 4) is 0 Å². The monoisotopic (exact) mass is 245 g/mol. The summed E-state index contributed by atoms with van der Waals surface area (Å²) in [5, 5.41) is 21.3. The number of hydrogen-bond acceptors (Lipinski definition) is 3. The maximum atomic E-state index is 11.5. The van der Waals surface area contributed by atoms with E-state index in [2.05, 4.69) is 5.32 Å². The van der Waals surface area contributed by atoms with Crippen LogP contribution in [0.15, 0.2) is 0 Å². The Morgan fingerprint density at radius 2 is 1.76 bits per heavy atom. The highest BCUT2D eigenvalue weighted by Crippen LogP contribution is 2.20. The first-order chi connectivity index (χ1) is 7.60. The first-order valence-electron chi connectivity index (χ1n) is 5.83. The fourth-order valence-electron chi connectivity index (χ4n) is 1.46. The molecular formula is C12H23NO4. The van der Waals surface area contributed by atoms with Gasteiger partial charge in [-0.2, -0.15) is 0 Å². The molecule has 5 nitrogen and oxygen atoms in total. The van der Waals surface area contributed by atoms with Gasteiger partial charge in [0.15, 0.2) is 0 Å². The molecule has 5 heteroatoms. The Bertz CT molecular complexity index is 284. The van der Waals surface area contributed by atoms with Crippen molar-refractivity contribution in [1.82, 2.24) is 5.32 Å². The lowest BCUT2D eigenvalue weighted by molar-refractivity contribution is -0.149. The summed E-state index contributed by atoms with van der Waals surface area (Å²) in [5.74, 6) is -1.36. The van der Waals surface area contributed by atoms with Gasteiger partial charge in [-0.1, -0.05) is 13.3 Å². The van der Waals surface area contributed by atoms with Crippen molar-refractivity contribution in [2.75, 3.05) is 6.54 Å². The zero-order valence-corrected chi connectivity index (χ0v) is 11.0. The predicted molar refractivity (Wildman–Crippen MR) is 64.6 cm³/mol. The van der Waals surface area contributed by atoms with E-state index in [-0.39, 0.29) is 18.9 Å². The van der Waals surface area contributed by atoms with E-state index >= 15 is 0 Å². The standard InChI is InChI=1S/C12H23NO4/c1-5-6-12(4,17)8-13-9(14)7-11(2,3)10(15)16/h17H,5-8H2,1-4H3,(H,13,14)(H,15,16). The number of rotatable bonds is 7. The molecule has 0 aliphatic carbocycles. The first-order valence-corrected chi connectivity index (χ1v) is 5.83. The number of carboxylic acid groups (broad SMARTS) is 1. The Kier molecular flexibility index (Phi) is 5.61. The number of aliphatic hydroxyl groups is 1. The van der Waals surface area contributed by atoms with Crippen LogP contribution in [0.1, 0.15) is 47.0 Å². The minimum absolute atomic E-state index is 0.0927. The lowest BCUT2D eigenvalue weighted by Crippen LogP contribution is -2.42. The molecule has 1 amide bonds. The third kappa shape index (κ3) is 6.26. The Hall–Kier alpha value is -1.10. The molecule has 0 radical (unpaired) electrons. The predicted octanol–water partition coefficient (Wildman–Crippen LogP) is 1.15. The lowest BCUT2D eigenvalue weighted by Gasteiger charge is -2.24. The van der Waals surface area contributed by atoms with Gasteiger partial charge in [0.1, 0.15) is 0 Å². The van der Waals surface area contributed by atoms with Gasteiger partial charge in [0.2, 0.25) is 5.91 Å². The van der Waals surface area contributed by atoms with E-state index in [0.29, 0.717) is 6.42 Å². The lowest BCUT2D eigenvalue weighted by atomic mass is 9.89. The van der Waals surface area contributed by atoms with Crippen molar-refractivity contribution in [3.05, 3.63) is 0 Å². The van der Waals surface area contributed by atoms with Gasteiger partial charge in [0, 0.05) is 13.0 Å². The third-order valence-electron chi connectivity index (χ3n) is 2.64. The number of carboxylic acids is 1. The van der Waals surface area contributed by atoms with Crippen LogP contribution in [0.3, 0.4) is 0 Å². The molecule has 0 spiro atoms. The molecule has 0 aromatic carbocycles. The molecule has 0 rings (SSSR count). The maximum absolute atomic E-state index is 11.5. The molecule has 0 aliphatic heterocycles. The fourth-order valence-corrected chi connectivity index (χ4v) is 1.46. The highest BCUT2D eigenvalue weighted by molar-refractivity contribution is 5.84. The minimum atomic E-state index is -1.08. The summed E-state index contributed by atoms with van der Waals surface area (Å²) in [4.78, 5) is 22.4. The number of nitrogens with one attached hydrogen (secondary N) is 1. The number of carbonyl (C=O) groups is 2. The average molecular weight is 245 g/mol. The van der Waals surface area contributed by atoms with Crippen LogP contribution in [0.2, 0.25) is 0 Å². The molecule has 0 heterocycles. The van der Waals surface area contributed by atoms with Crippen molar-refractivity contribution < 1.29 is 19.8 Å². The highest BCUT2D eigenvalue weighted by Gasteiger charge is 2.30. The van der Waals surface area contributed by atoms with Gasteiger partial charge in [-0.15, -0.1) is 0 Å². The summed E-state index contributed by atoms with van der Waals surface area (Å²) in [6.45, 7) is 6.75. The molecule has 0 saturated carbocycles. The molecule has 3 N–H and O–H groups in total. The zero-order chi connectivity index (χ0) is 13.7. The van der Waals surface area contributed by atoms with Crippen LogP contribution >= 0.6 is 0 Å². The van der Waals surface area contributed by atoms with Crippen LogP contribution in [-0.2, 0) is 9.59 Å². The van der Waals surface area contributed by atoms with E-state index in [0.717, 1.165) is 6.42 Å². The summed E-state index contributed by atoms with van der Waals surface area (Å²) >= 11 is 0. The van der Waals surface area contributed by atoms with Gasteiger partial charge in [-0.3, -0.25) is 9.59 Å². The van der Waals surface area contributed by atoms with Crippen LogP contribution in [0.25, 0.3) is 0 Å². The second kappa shape index (κ2) is 6.00. The van der Waals surface area contributed by atoms with Gasteiger partial charge in [0.05, 0.1) is 11.0 Å². The SMILES string of the molecule is CCCC(C)(O)CNC(=O)CC(C)(C)C(=O)O. The van der Waals surface area contributed by atoms with E-state index < -0.39 is 17.0 Å². The minimum Gasteiger partial charge on any atom is -0.481 e. The van der Waals surface area contributed by atoms with E-state index in [1.165, 1.54) is 13.8 Å². The quantitative estimate of drug-likeness (QED) is 0.628. The van der Waals surface area contributed by atoms with Gasteiger partial charge in [-0.25, -0.2) is 0 Å². The molecule has 0 bridgehead atoms. The molecule has 100 valence electrons. The summed E-state index contributed by atoms with van der Waals surface area (Å²) in [7, 11) is 0. The molecule has 0 fully saturated rings. The number of carbonyl (C=O) groups excluding carboxylic acids is 1. The first kappa shape index (κ1) is 15.9. The summed E-state index contributed by atoms with van der Waals surface area (Å²) in [5.41, 5.74) is -2.02. The number of amides is 1. The smallest absolute Gasteiger partial charge is 0.309 e. The van der Waals surface area contributed by atoms with Crippen molar-refractivity contribution >= 4 is 11.9 Å². The summed E-state index contributed by atoms with van der Waals surface area (Å²) in [6, 6.07) is 0. The van der Waals surface area contributed by atoms with Gasteiger partial charge in [-0.05, 0) is 27.2 Å². The maximum Gasteiger partial charge on any atom is 0.309 e. The largest absolute Gasteiger partial charge is 0.481 e. The fraction of sp³-hybridized carbons (Fsp3) is 0.833. The van der Waals surface area contributed by atoms with Crippen LogP contribution in [0.4, 0.5) is 0 Å². The van der Waals surface area contributed by atoms with E-state index in [1.807, 2.05) is 6.92 Å². The molecule has 0 saturated heterocycles. The Labute approximate surface area is 102 Å². The van der Waals surface area contributed by atoms with Gasteiger partial charge in [0.25, 0.3) is 0 Å². The van der Waals surface area contributed by atoms with Gasteiger partial charge < -0.3 is 15.5 Å². The van der Waals surface area contributed by atoms with Crippen LogP contribution < -0.4 is 5.32 Å². The summed E-state index contributed by atoms with van der Waals surface area (Å²) < 4.78 is 0. The average Bonchev–Trinajstić information content (AvgIpc) is 2.14. The van der Waals surface area contributed by atoms with Crippen LogP contribution in [0, 0.1) is 5.41 Å². The van der Waals surface area contributed by atoms with Crippen molar-refractivity contribution in [1.29, 1.82) is 0 Å². The third-order valence-corrected chi connectivity index (χ3v) is 2.64. The Morgan fingerprint density at radius 1 is 1.24 bits per heavy atom. The van der Waals surface area contributed by atoms with E-state index in [4.69, 9.17) is 5.11 Å². The summed E-state index contributed by atoms with van der Waals surface area (Å²) in [6.07, 6.45) is 1.32. The van der Waals surface area contributed by atoms with Gasteiger partial charge >= 0.3 is 5.97 Å². The van der Waals surface area contributed by atoms with Crippen LogP contribution in [0.5, 0.6) is 0 Å². The molecule has 17 heavy (non-hydrogen) atoms. The Morgan fingerprint density at radius 3 is 2.18 bits per heavy atom. The Balaban J connectivity index is 4.17. The molecule has 0 aliphatic rings. The molecule has 1 atom stereocenters. The molecule has 0 aromatic heterocycles. The molecule has 0 aromatic rings.